The molecule has 0 aliphatic heterocycles. The maximum atomic E-state index is 12.3. The van der Waals surface area contributed by atoms with Gasteiger partial charge in [0.15, 0.2) is 18.1 Å². The third-order valence-electron chi connectivity index (χ3n) is 4.71. The second-order valence-corrected chi connectivity index (χ2v) is 9.02. The van der Waals surface area contributed by atoms with Crippen molar-refractivity contribution in [1.29, 1.82) is 0 Å². The average Bonchev–Trinajstić information content (AvgIpc) is 2.85. The highest BCUT2D eigenvalue weighted by Crippen LogP contribution is 2.28. The number of hydrogen-bond acceptors (Lipinski definition) is 7. The molecule has 0 aliphatic rings. The van der Waals surface area contributed by atoms with Gasteiger partial charge in [0.05, 0.1) is 18.9 Å². The Morgan fingerprint density at radius 2 is 1.84 bits per heavy atom. The lowest BCUT2D eigenvalue weighted by Crippen LogP contribution is -2.38. The molecule has 200 valence electrons. The zero-order valence-electron chi connectivity index (χ0n) is 21.4. The van der Waals surface area contributed by atoms with Gasteiger partial charge in [0.25, 0.3) is 5.91 Å². The normalized spacial score (nSPS) is 10.9. The minimum absolute atomic E-state index is 0.115. The molecule has 11 heteroatoms. The standard InChI is InChI=1S/C26H33BrN4O6/c1-5-35-23-14-19(15-29-31-26(34)25(33)28-11-6-12-36-17(2)3)7-10-22(23)37-16-24(32)30-20-8-9-21(27)18(4)13-20/h7-10,13-15,17H,5-6,11-12,16H2,1-4H3,(H,28,33)(H,30,32)(H,31,34)/b29-15-. The van der Waals surface area contributed by atoms with E-state index < -0.39 is 11.8 Å². The Bertz CT molecular complexity index is 1110. The molecule has 0 spiro atoms. The lowest BCUT2D eigenvalue weighted by Gasteiger charge is -2.13. The largest absolute Gasteiger partial charge is 0.490 e. The number of hydrogen-bond donors (Lipinski definition) is 3. The van der Waals surface area contributed by atoms with Crippen molar-refractivity contribution in [2.45, 2.75) is 40.2 Å². The number of aryl methyl sites for hydroxylation is 1. The van der Waals surface area contributed by atoms with E-state index in [2.05, 4.69) is 37.1 Å². The molecule has 3 amide bonds. The molecule has 0 fully saturated rings. The number of carbonyl (C=O) groups is 3. The van der Waals surface area contributed by atoms with Crippen LogP contribution in [0.25, 0.3) is 0 Å². The number of amides is 3. The molecule has 0 atom stereocenters. The van der Waals surface area contributed by atoms with Gasteiger partial charge in [0.1, 0.15) is 0 Å². The van der Waals surface area contributed by atoms with Crippen LogP contribution in [0.2, 0.25) is 0 Å². The molecule has 2 aromatic rings. The number of ether oxygens (including phenoxy) is 3. The molecule has 0 heterocycles. The Morgan fingerprint density at radius 1 is 1.05 bits per heavy atom. The molecule has 10 nitrogen and oxygen atoms in total. The van der Waals surface area contributed by atoms with Crippen molar-refractivity contribution in [2.24, 2.45) is 5.10 Å². The number of halogens is 1. The smallest absolute Gasteiger partial charge is 0.329 e. The molecule has 0 saturated carbocycles. The molecule has 0 bridgehead atoms. The maximum Gasteiger partial charge on any atom is 0.329 e. The molecule has 3 N–H and O–H groups in total. The minimum Gasteiger partial charge on any atom is -0.490 e. The van der Waals surface area contributed by atoms with Crippen molar-refractivity contribution in [3.8, 4) is 11.5 Å². The van der Waals surface area contributed by atoms with E-state index in [1.54, 1.807) is 24.3 Å². The predicted molar refractivity (Wildman–Crippen MR) is 145 cm³/mol. The van der Waals surface area contributed by atoms with Crippen molar-refractivity contribution in [3.05, 3.63) is 52.0 Å². The summed E-state index contributed by atoms with van der Waals surface area (Å²) in [4.78, 5) is 36.0. The van der Waals surface area contributed by atoms with Gasteiger partial charge in [-0.25, -0.2) is 5.43 Å². The van der Waals surface area contributed by atoms with E-state index >= 15 is 0 Å². The summed E-state index contributed by atoms with van der Waals surface area (Å²) in [5, 5.41) is 9.12. The second kappa shape index (κ2) is 15.6. The predicted octanol–water partition coefficient (Wildman–Crippen LogP) is 3.56. The van der Waals surface area contributed by atoms with Crippen LogP contribution < -0.4 is 25.5 Å². The van der Waals surface area contributed by atoms with E-state index in [4.69, 9.17) is 14.2 Å². The Balaban J connectivity index is 1.86. The van der Waals surface area contributed by atoms with E-state index in [9.17, 15) is 14.4 Å². The maximum absolute atomic E-state index is 12.3. The molecule has 0 radical (unpaired) electrons. The fraction of sp³-hybridized carbons (Fsp3) is 0.385. The van der Waals surface area contributed by atoms with Gasteiger partial charge in [-0.2, -0.15) is 5.10 Å². The van der Waals surface area contributed by atoms with Crippen LogP contribution in [0, 0.1) is 6.92 Å². The van der Waals surface area contributed by atoms with Gasteiger partial charge < -0.3 is 24.8 Å². The Morgan fingerprint density at radius 3 is 2.54 bits per heavy atom. The van der Waals surface area contributed by atoms with Gasteiger partial charge >= 0.3 is 11.8 Å². The summed E-state index contributed by atoms with van der Waals surface area (Å²) in [7, 11) is 0. The minimum atomic E-state index is -0.877. The fourth-order valence-electron chi connectivity index (χ4n) is 2.94. The van der Waals surface area contributed by atoms with Crippen LogP contribution in [0.4, 0.5) is 5.69 Å². The molecular weight excluding hydrogens is 544 g/mol. The summed E-state index contributed by atoms with van der Waals surface area (Å²) in [6.07, 6.45) is 2.08. The first-order valence-electron chi connectivity index (χ1n) is 11.9. The summed E-state index contributed by atoms with van der Waals surface area (Å²) in [5.41, 5.74) is 4.45. The van der Waals surface area contributed by atoms with E-state index in [-0.39, 0.29) is 18.6 Å². The number of benzene rings is 2. The van der Waals surface area contributed by atoms with Crippen LogP contribution >= 0.6 is 15.9 Å². The summed E-state index contributed by atoms with van der Waals surface area (Å²) >= 11 is 3.43. The molecule has 37 heavy (non-hydrogen) atoms. The third kappa shape index (κ3) is 11.0. The average molecular weight is 577 g/mol. The molecule has 0 aromatic heterocycles. The van der Waals surface area contributed by atoms with Gasteiger partial charge in [-0.3, -0.25) is 14.4 Å². The molecule has 2 rings (SSSR count). The number of carbonyl (C=O) groups excluding carboxylic acids is 3. The number of nitrogens with one attached hydrogen (secondary N) is 3. The summed E-state index contributed by atoms with van der Waals surface area (Å²) in [6.45, 7) is 8.58. The van der Waals surface area contributed by atoms with Crippen LogP contribution in [-0.4, -0.2) is 56.4 Å². The number of rotatable bonds is 13. The highest BCUT2D eigenvalue weighted by molar-refractivity contribution is 9.10. The first-order chi connectivity index (χ1) is 17.7. The lowest BCUT2D eigenvalue weighted by molar-refractivity contribution is -0.139. The van der Waals surface area contributed by atoms with Crippen molar-refractivity contribution in [1.82, 2.24) is 10.7 Å². The zero-order valence-corrected chi connectivity index (χ0v) is 23.0. The Labute approximate surface area is 225 Å². The molecular formula is C26H33BrN4O6. The van der Waals surface area contributed by atoms with Gasteiger partial charge in [0.2, 0.25) is 0 Å². The second-order valence-electron chi connectivity index (χ2n) is 8.17. The highest BCUT2D eigenvalue weighted by atomic mass is 79.9. The van der Waals surface area contributed by atoms with Crippen molar-refractivity contribution >= 4 is 45.6 Å². The van der Waals surface area contributed by atoms with Crippen LogP contribution in [0.15, 0.2) is 46.0 Å². The lowest BCUT2D eigenvalue weighted by atomic mass is 10.2. The first kappa shape index (κ1) is 29.8. The van der Waals surface area contributed by atoms with E-state index in [1.807, 2.05) is 39.8 Å². The van der Waals surface area contributed by atoms with Crippen molar-refractivity contribution < 1.29 is 28.6 Å². The SMILES string of the molecule is CCOc1cc(/C=N\NC(=O)C(=O)NCCCOC(C)C)ccc1OCC(=O)Nc1ccc(Br)c(C)c1. The topological polar surface area (TPSA) is 127 Å². The summed E-state index contributed by atoms with van der Waals surface area (Å²) in [5.74, 6) is -1.18. The highest BCUT2D eigenvalue weighted by Gasteiger charge is 2.12. The monoisotopic (exact) mass is 576 g/mol. The van der Waals surface area contributed by atoms with E-state index in [1.165, 1.54) is 6.21 Å². The van der Waals surface area contributed by atoms with Crippen LogP contribution in [0.1, 0.15) is 38.3 Å². The van der Waals surface area contributed by atoms with Crippen LogP contribution in [0.3, 0.4) is 0 Å². The molecule has 2 aromatic carbocycles. The summed E-state index contributed by atoms with van der Waals surface area (Å²) in [6, 6.07) is 10.5. The fourth-order valence-corrected chi connectivity index (χ4v) is 3.19. The van der Waals surface area contributed by atoms with Crippen molar-refractivity contribution in [3.63, 3.8) is 0 Å². The Kier molecular flexibility index (Phi) is 12.6. The van der Waals surface area contributed by atoms with Gasteiger partial charge in [0, 0.05) is 23.3 Å². The molecule has 0 saturated heterocycles. The van der Waals surface area contributed by atoms with Gasteiger partial charge in [-0.15, -0.1) is 0 Å². The summed E-state index contributed by atoms with van der Waals surface area (Å²) < 4.78 is 17.6. The number of hydrazone groups is 1. The zero-order chi connectivity index (χ0) is 27.2. The van der Waals surface area contributed by atoms with Gasteiger partial charge in [-0.1, -0.05) is 15.9 Å². The van der Waals surface area contributed by atoms with Gasteiger partial charge in [-0.05, 0) is 81.6 Å². The quantitative estimate of drug-likeness (QED) is 0.145. The van der Waals surface area contributed by atoms with Crippen LogP contribution in [0.5, 0.6) is 11.5 Å². The Hall–Kier alpha value is -3.44. The van der Waals surface area contributed by atoms with Crippen molar-refractivity contribution in [2.75, 3.05) is 31.7 Å². The number of anilines is 1. The first-order valence-corrected chi connectivity index (χ1v) is 12.7. The number of nitrogens with zero attached hydrogens (tertiary/aromatic N) is 1. The van der Waals surface area contributed by atoms with E-state index in [0.717, 1.165) is 10.0 Å². The van der Waals surface area contributed by atoms with E-state index in [0.29, 0.717) is 48.9 Å². The third-order valence-corrected chi connectivity index (χ3v) is 5.60. The van der Waals surface area contributed by atoms with Crippen LogP contribution in [-0.2, 0) is 19.1 Å². The molecule has 0 unspecified atom stereocenters. The molecule has 0 aliphatic carbocycles.